The number of rotatable bonds is 6. The van der Waals surface area contributed by atoms with E-state index in [0.29, 0.717) is 29.7 Å². The van der Waals surface area contributed by atoms with Gasteiger partial charge in [-0.2, -0.15) is 0 Å². The molecular weight excluding hydrogens is 245 g/mol. The van der Waals surface area contributed by atoms with Crippen LogP contribution in [0.15, 0.2) is 30.9 Å². The van der Waals surface area contributed by atoms with Gasteiger partial charge < -0.3 is 5.11 Å². The lowest BCUT2D eigenvalue weighted by molar-refractivity contribution is 0.203. The molecule has 0 spiro atoms. The minimum atomic E-state index is 0.117. The molecule has 0 aliphatic rings. The van der Waals surface area contributed by atoms with Crippen LogP contribution in [0.5, 0.6) is 0 Å². The van der Waals surface area contributed by atoms with E-state index >= 15 is 0 Å². The molecule has 0 aliphatic heterocycles. The molecule has 0 fully saturated rings. The van der Waals surface area contributed by atoms with Crippen molar-refractivity contribution in [1.29, 1.82) is 0 Å². The lowest BCUT2D eigenvalue weighted by Gasteiger charge is -2.20. The van der Waals surface area contributed by atoms with E-state index in [1.165, 1.54) is 0 Å². The van der Waals surface area contributed by atoms with Crippen LogP contribution in [0, 0.1) is 0 Å². The second-order valence-corrected chi connectivity index (χ2v) is 4.25. The number of aliphatic hydroxyl groups excluding tert-OH is 1. The van der Waals surface area contributed by atoms with Crippen molar-refractivity contribution in [3.63, 3.8) is 0 Å². The van der Waals surface area contributed by atoms with Crippen LogP contribution in [0.3, 0.4) is 0 Å². The molecule has 1 rings (SSSR count). The highest BCUT2D eigenvalue weighted by Crippen LogP contribution is 2.26. The van der Waals surface area contributed by atoms with E-state index in [9.17, 15) is 0 Å². The van der Waals surface area contributed by atoms with Crippen molar-refractivity contribution in [3.05, 3.63) is 46.5 Å². The van der Waals surface area contributed by atoms with Crippen molar-refractivity contribution in [1.82, 2.24) is 4.90 Å². The first-order chi connectivity index (χ1) is 7.69. The summed E-state index contributed by atoms with van der Waals surface area (Å²) in [6, 6.07) is 5.56. The highest BCUT2D eigenvalue weighted by molar-refractivity contribution is 6.42. The molecule has 16 heavy (non-hydrogen) atoms. The zero-order valence-corrected chi connectivity index (χ0v) is 10.5. The van der Waals surface area contributed by atoms with Crippen molar-refractivity contribution in [2.45, 2.75) is 6.54 Å². The third-order valence-electron chi connectivity index (χ3n) is 2.23. The summed E-state index contributed by atoms with van der Waals surface area (Å²) in [5.74, 6) is 0. The maximum atomic E-state index is 8.93. The molecular formula is C12H15Cl2NO. The van der Waals surface area contributed by atoms with Crippen molar-refractivity contribution in [2.75, 3.05) is 19.7 Å². The Morgan fingerprint density at radius 3 is 2.75 bits per heavy atom. The van der Waals surface area contributed by atoms with Crippen molar-refractivity contribution < 1.29 is 5.11 Å². The Bertz CT molecular complexity index is 355. The Labute approximate surface area is 106 Å². The molecule has 0 saturated carbocycles. The molecule has 4 heteroatoms. The third kappa shape index (κ3) is 3.80. The van der Waals surface area contributed by atoms with Gasteiger partial charge in [0.25, 0.3) is 0 Å². The van der Waals surface area contributed by atoms with Crippen molar-refractivity contribution in [2.24, 2.45) is 0 Å². The van der Waals surface area contributed by atoms with Gasteiger partial charge in [0.2, 0.25) is 0 Å². The number of hydrogen-bond donors (Lipinski definition) is 1. The van der Waals surface area contributed by atoms with Gasteiger partial charge >= 0.3 is 0 Å². The molecule has 0 heterocycles. The van der Waals surface area contributed by atoms with E-state index in [4.69, 9.17) is 28.3 Å². The summed E-state index contributed by atoms with van der Waals surface area (Å²) < 4.78 is 0. The van der Waals surface area contributed by atoms with Gasteiger partial charge in [-0.3, -0.25) is 4.90 Å². The Morgan fingerprint density at radius 1 is 1.38 bits per heavy atom. The maximum Gasteiger partial charge on any atom is 0.0637 e. The van der Waals surface area contributed by atoms with Crippen molar-refractivity contribution in [3.8, 4) is 0 Å². The number of aliphatic hydroxyl groups is 1. The molecule has 0 aliphatic carbocycles. The highest BCUT2D eigenvalue weighted by atomic mass is 35.5. The molecule has 1 N–H and O–H groups in total. The first kappa shape index (κ1) is 13.5. The summed E-state index contributed by atoms with van der Waals surface area (Å²) in [6.07, 6.45) is 1.80. The van der Waals surface area contributed by atoms with Gasteiger partial charge in [0.15, 0.2) is 0 Å². The van der Waals surface area contributed by atoms with Crippen LogP contribution in [0.2, 0.25) is 10.0 Å². The summed E-state index contributed by atoms with van der Waals surface area (Å²) >= 11 is 12.0. The molecule has 1 aromatic carbocycles. The van der Waals surface area contributed by atoms with Crippen molar-refractivity contribution >= 4 is 23.2 Å². The number of benzene rings is 1. The lowest BCUT2D eigenvalue weighted by atomic mass is 10.2. The highest BCUT2D eigenvalue weighted by Gasteiger charge is 2.08. The molecule has 2 nitrogen and oxygen atoms in total. The van der Waals surface area contributed by atoms with E-state index in [1.807, 2.05) is 17.0 Å². The summed E-state index contributed by atoms with van der Waals surface area (Å²) in [5, 5.41) is 10.1. The molecule has 1 aromatic rings. The van der Waals surface area contributed by atoms with Gasteiger partial charge in [-0.1, -0.05) is 41.4 Å². The molecule has 0 atom stereocenters. The summed E-state index contributed by atoms with van der Waals surface area (Å²) in [4.78, 5) is 2.05. The minimum Gasteiger partial charge on any atom is -0.395 e. The Balaban J connectivity index is 2.76. The zero-order chi connectivity index (χ0) is 12.0. The summed E-state index contributed by atoms with van der Waals surface area (Å²) in [7, 11) is 0. The van der Waals surface area contributed by atoms with E-state index in [2.05, 4.69) is 6.58 Å². The van der Waals surface area contributed by atoms with Crippen LogP contribution in [-0.2, 0) is 6.54 Å². The molecule has 0 bridgehead atoms. The van der Waals surface area contributed by atoms with Gasteiger partial charge in [0.1, 0.15) is 0 Å². The fourth-order valence-electron chi connectivity index (χ4n) is 1.47. The molecule has 88 valence electrons. The smallest absolute Gasteiger partial charge is 0.0637 e. The summed E-state index contributed by atoms with van der Waals surface area (Å²) in [6.45, 7) is 5.76. The maximum absolute atomic E-state index is 8.93. The SMILES string of the molecule is C=CCN(CCO)Cc1cccc(Cl)c1Cl. The topological polar surface area (TPSA) is 23.5 Å². The first-order valence-corrected chi connectivity index (χ1v) is 5.81. The van der Waals surface area contributed by atoms with Crippen LogP contribution in [-0.4, -0.2) is 29.7 Å². The predicted molar refractivity (Wildman–Crippen MR) is 69.0 cm³/mol. The fraction of sp³-hybridized carbons (Fsp3) is 0.333. The van der Waals surface area contributed by atoms with Gasteiger partial charge in [0.05, 0.1) is 16.7 Å². The minimum absolute atomic E-state index is 0.117. The molecule has 0 unspecified atom stereocenters. The third-order valence-corrected chi connectivity index (χ3v) is 3.09. The van der Waals surface area contributed by atoms with E-state index < -0.39 is 0 Å². The van der Waals surface area contributed by atoms with Gasteiger partial charge in [-0.05, 0) is 11.6 Å². The Hall–Kier alpha value is -0.540. The zero-order valence-electron chi connectivity index (χ0n) is 9.00. The standard InChI is InChI=1S/C12H15Cl2NO/c1-2-6-15(7-8-16)9-10-4-3-5-11(13)12(10)14/h2-5,16H,1,6-9H2. The number of hydrogen-bond acceptors (Lipinski definition) is 2. The van der Waals surface area contributed by atoms with E-state index in [0.717, 1.165) is 5.56 Å². The Kier molecular flexibility index (Phi) is 5.85. The molecule has 0 aromatic heterocycles. The average Bonchev–Trinajstić information content (AvgIpc) is 2.25. The fourth-order valence-corrected chi connectivity index (χ4v) is 1.85. The second kappa shape index (κ2) is 6.92. The lowest BCUT2D eigenvalue weighted by Crippen LogP contribution is -2.26. The van der Waals surface area contributed by atoms with Crippen LogP contribution in [0.25, 0.3) is 0 Å². The number of nitrogens with zero attached hydrogens (tertiary/aromatic N) is 1. The normalized spacial score (nSPS) is 10.8. The van der Waals surface area contributed by atoms with E-state index in [1.54, 1.807) is 12.1 Å². The van der Waals surface area contributed by atoms with Crippen LogP contribution in [0.1, 0.15) is 5.56 Å². The van der Waals surface area contributed by atoms with Gasteiger partial charge in [0, 0.05) is 19.6 Å². The second-order valence-electron chi connectivity index (χ2n) is 3.46. The van der Waals surface area contributed by atoms with Crippen LogP contribution < -0.4 is 0 Å². The van der Waals surface area contributed by atoms with Crippen LogP contribution in [0.4, 0.5) is 0 Å². The first-order valence-electron chi connectivity index (χ1n) is 5.06. The predicted octanol–water partition coefficient (Wildman–Crippen LogP) is 2.97. The monoisotopic (exact) mass is 259 g/mol. The quantitative estimate of drug-likeness (QED) is 0.795. The van der Waals surface area contributed by atoms with E-state index in [-0.39, 0.29) is 6.61 Å². The summed E-state index contributed by atoms with van der Waals surface area (Å²) in [5.41, 5.74) is 0.962. The van der Waals surface area contributed by atoms with Gasteiger partial charge in [-0.15, -0.1) is 6.58 Å². The molecule has 0 amide bonds. The Morgan fingerprint density at radius 2 is 2.12 bits per heavy atom. The van der Waals surface area contributed by atoms with Crippen LogP contribution >= 0.6 is 23.2 Å². The van der Waals surface area contributed by atoms with Gasteiger partial charge in [-0.25, -0.2) is 0 Å². The molecule has 0 saturated heterocycles. The largest absolute Gasteiger partial charge is 0.395 e. The number of halogens is 2. The molecule has 0 radical (unpaired) electrons. The average molecular weight is 260 g/mol.